The third-order valence-electron chi connectivity index (χ3n) is 10.0. The molecule has 1 saturated heterocycles. The molecule has 3 aromatic heterocycles. The first-order valence-corrected chi connectivity index (χ1v) is 15.2. The van der Waals surface area contributed by atoms with Crippen molar-refractivity contribution >= 4 is 47.6 Å². The van der Waals surface area contributed by atoms with Gasteiger partial charge < -0.3 is 35.2 Å². The Morgan fingerprint density at radius 3 is 2.36 bits per heavy atom. The fraction of sp³-hybridized carbons (Fsp3) is 0.371. The zero-order valence-electron chi connectivity index (χ0n) is 26.1. The normalized spacial score (nSPS) is 23.8. The van der Waals surface area contributed by atoms with Crippen LogP contribution in [0.4, 0.5) is 0 Å². The highest BCUT2D eigenvalue weighted by Gasteiger charge is 2.46. The summed E-state index contributed by atoms with van der Waals surface area (Å²) in [7, 11) is 1.32. The second-order valence-electron chi connectivity index (χ2n) is 12.2. The molecule has 2 aliphatic heterocycles. The minimum Gasteiger partial charge on any atom is -0.510 e. The van der Waals surface area contributed by atoms with E-state index in [1.807, 2.05) is 13.0 Å². The standard InChI is InChI=1S/C35H40N4O5/c1-8-19-15(3)22-12-24-17(5)21(10-11-28(40)41)32(38-24)30-31(35(43)44-7)34(42)29-18(6)25(39-33(29)30)14-27-20(9-2)16(4)23(37-27)13-26(19)36-22/h8,12-14,17,21,31-32,36-39,42H,1,9-11H2,2-7H3,(H,40,41)/b23-13-,24-12-,27-14?/t17-,21-,31+,32?/m0/s1. The Morgan fingerprint density at radius 2 is 1.70 bits per heavy atom. The highest BCUT2D eigenvalue weighted by Crippen LogP contribution is 2.42. The van der Waals surface area contributed by atoms with Gasteiger partial charge in [-0.05, 0) is 85.6 Å². The molecule has 0 amide bonds. The van der Waals surface area contributed by atoms with E-state index >= 15 is 0 Å². The number of aromatic amines is 3. The molecule has 6 rings (SSSR count). The Kier molecular flexibility index (Phi) is 7.22. The summed E-state index contributed by atoms with van der Waals surface area (Å²) in [6.45, 7) is 14.4. The van der Waals surface area contributed by atoms with Gasteiger partial charge in [0, 0.05) is 56.6 Å². The number of aliphatic hydroxyl groups is 1. The summed E-state index contributed by atoms with van der Waals surface area (Å²) in [5.74, 6) is -2.71. The zero-order valence-corrected chi connectivity index (χ0v) is 26.1. The van der Waals surface area contributed by atoms with Gasteiger partial charge in [0.2, 0.25) is 0 Å². The maximum absolute atomic E-state index is 13.3. The molecule has 44 heavy (non-hydrogen) atoms. The van der Waals surface area contributed by atoms with Crippen molar-refractivity contribution < 1.29 is 24.5 Å². The van der Waals surface area contributed by atoms with Gasteiger partial charge in [0.25, 0.3) is 0 Å². The number of esters is 1. The van der Waals surface area contributed by atoms with Crippen molar-refractivity contribution in [3.8, 4) is 0 Å². The Morgan fingerprint density at radius 1 is 1.00 bits per heavy atom. The van der Waals surface area contributed by atoms with Crippen molar-refractivity contribution in [2.75, 3.05) is 7.11 Å². The lowest BCUT2D eigenvalue weighted by atomic mass is 9.80. The number of hydrogen-bond donors (Lipinski definition) is 6. The second-order valence-corrected chi connectivity index (χ2v) is 12.2. The van der Waals surface area contributed by atoms with Crippen LogP contribution in [0.25, 0.3) is 35.6 Å². The molecule has 3 aliphatic rings. The molecule has 5 heterocycles. The van der Waals surface area contributed by atoms with E-state index in [4.69, 9.17) is 4.74 Å². The molecule has 1 fully saturated rings. The number of fused-ring (bicyclic) bond motifs is 8. The van der Waals surface area contributed by atoms with Crippen LogP contribution in [-0.2, 0) is 20.7 Å². The lowest BCUT2D eigenvalue weighted by Gasteiger charge is -2.26. The molecule has 8 bridgehead atoms. The molecule has 9 heteroatoms. The molecular weight excluding hydrogens is 556 g/mol. The molecule has 0 radical (unpaired) electrons. The van der Waals surface area contributed by atoms with Crippen LogP contribution >= 0.6 is 0 Å². The molecule has 9 nitrogen and oxygen atoms in total. The van der Waals surface area contributed by atoms with Gasteiger partial charge in [0.05, 0.1) is 18.5 Å². The smallest absolute Gasteiger partial charge is 0.320 e. The number of rotatable bonds is 6. The van der Waals surface area contributed by atoms with E-state index in [1.165, 1.54) is 12.7 Å². The summed E-state index contributed by atoms with van der Waals surface area (Å²) < 4.78 is 5.21. The molecule has 6 N–H and O–H groups in total. The minimum absolute atomic E-state index is 0.0166. The Labute approximate surface area is 255 Å². The van der Waals surface area contributed by atoms with Crippen LogP contribution in [0, 0.1) is 38.5 Å². The maximum Gasteiger partial charge on any atom is 0.320 e. The van der Waals surface area contributed by atoms with Crippen molar-refractivity contribution in [3.63, 3.8) is 0 Å². The van der Waals surface area contributed by atoms with E-state index in [0.717, 1.165) is 62.2 Å². The molecule has 230 valence electrons. The molecule has 0 aromatic carbocycles. The van der Waals surface area contributed by atoms with Gasteiger partial charge in [-0.1, -0.05) is 26.5 Å². The Hall–Kier alpha value is -4.66. The Balaban J connectivity index is 1.73. The monoisotopic (exact) mass is 596 g/mol. The van der Waals surface area contributed by atoms with Crippen molar-refractivity contribution in [1.29, 1.82) is 0 Å². The summed E-state index contributed by atoms with van der Waals surface area (Å²) in [5, 5.41) is 28.2. The summed E-state index contributed by atoms with van der Waals surface area (Å²) in [6.07, 6.45) is 9.34. The largest absolute Gasteiger partial charge is 0.510 e. The number of aliphatic hydroxyl groups excluding tert-OH is 1. The Bertz CT molecular complexity index is 2020. The summed E-state index contributed by atoms with van der Waals surface area (Å²) >= 11 is 0. The van der Waals surface area contributed by atoms with E-state index in [2.05, 4.69) is 72.8 Å². The highest BCUT2D eigenvalue weighted by molar-refractivity contribution is 5.95. The number of H-pyrrole nitrogens is 3. The second kappa shape index (κ2) is 10.8. The predicted octanol–water partition coefficient (Wildman–Crippen LogP) is 2.52. The molecule has 1 unspecified atom stereocenters. The SMILES string of the molecule is C=Cc1c2[nH]c(c1C)/C=C1\NC(C3=c4[nH]c(c(C)c4=C(O)[C@@H]3C(=O)OC)C=c3[nH]/c(c(C)c3CC)=C\2)[C@@H](CCC(=O)O)[C@@H]1C. The van der Waals surface area contributed by atoms with Crippen molar-refractivity contribution in [1.82, 2.24) is 20.3 Å². The third-order valence-corrected chi connectivity index (χ3v) is 10.0. The van der Waals surface area contributed by atoms with Crippen LogP contribution in [0.5, 0.6) is 0 Å². The van der Waals surface area contributed by atoms with Crippen LogP contribution in [0.3, 0.4) is 0 Å². The quantitative estimate of drug-likeness (QED) is 0.242. The predicted molar refractivity (Wildman–Crippen MR) is 171 cm³/mol. The highest BCUT2D eigenvalue weighted by atomic mass is 16.5. The first-order valence-electron chi connectivity index (χ1n) is 15.2. The van der Waals surface area contributed by atoms with E-state index in [-0.39, 0.29) is 24.0 Å². The van der Waals surface area contributed by atoms with Gasteiger partial charge in [-0.2, -0.15) is 0 Å². The first-order chi connectivity index (χ1) is 21.0. The maximum atomic E-state index is 13.3. The first kappa shape index (κ1) is 29.4. The zero-order chi connectivity index (χ0) is 31.6. The number of carboxylic acids is 1. The number of carbonyl (C=O) groups is 2. The molecule has 3 aromatic rings. The van der Waals surface area contributed by atoms with Gasteiger partial charge >= 0.3 is 11.9 Å². The van der Waals surface area contributed by atoms with Crippen molar-refractivity contribution in [3.05, 3.63) is 78.4 Å². The van der Waals surface area contributed by atoms with E-state index in [1.54, 1.807) is 0 Å². The van der Waals surface area contributed by atoms with Crippen molar-refractivity contribution in [2.45, 2.75) is 59.9 Å². The fourth-order valence-electron chi connectivity index (χ4n) is 7.57. The number of carboxylic acid groups (broad SMARTS) is 1. The molecule has 1 aliphatic carbocycles. The van der Waals surface area contributed by atoms with Crippen LogP contribution < -0.4 is 26.6 Å². The number of aliphatic carboxylic acids is 1. The number of carbonyl (C=O) groups excluding carboxylic acids is 1. The summed E-state index contributed by atoms with van der Waals surface area (Å²) in [6, 6.07) is -0.424. The molecular formula is C35H40N4O5. The van der Waals surface area contributed by atoms with Gasteiger partial charge in [-0.25, -0.2) is 0 Å². The fourth-order valence-corrected chi connectivity index (χ4v) is 7.57. The lowest BCUT2D eigenvalue weighted by Crippen LogP contribution is -2.38. The molecule has 0 saturated carbocycles. The number of ether oxygens (including phenoxy) is 1. The van der Waals surface area contributed by atoms with E-state index < -0.39 is 23.9 Å². The van der Waals surface area contributed by atoms with Gasteiger partial charge in [-0.3, -0.25) is 9.59 Å². The van der Waals surface area contributed by atoms with Crippen LogP contribution in [-0.4, -0.2) is 50.3 Å². The minimum atomic E-state index is -1.00. The molecule has 4 atom stereocenters. The number of allylic oxidation sites excluding steroid dienone is 1. The lowest BCUT2D eigenvalue weighted by molar-refractivity contribution is -0.142. The topological polar surface area (TPSA) is 143 Å². The summed E-state index contributed by atoms with van der Waals surface area (Å²) in [5.41, 5.74) is 9.52. The van der Waals surface area contributed by atoms with Gasteiger partial charge in [-0.15, -0.1) is 0 Å². The third kappa shape index (κ3) is 4.36. The van der Waals surface area contributed by atoms with E-state index in [0.29, 0.717) is 22.6 Å². The van der Waals surface area contributed by atoms with Crippen LogP contribution in [0.15, 0.2) is 12.3 Å². The number of aromatic nitrogens is 3. The van der Waals surface area contributed by atoms with Gasteiger partial charge in [0.15, 0.2) is 0 Å². The van der Waals surface area contributed by atoms with Gasteiger partial charge in [0.1, 0.15) is 11.7 Å². The van der Waals surface area contributed by atoms with Crippen molar-refractivity contribution in [2.24, 2.45) is 17.8 Å². The van der Waals surface area contributed by atoms with Crippen LogP contribution in [0.2, 0.25) is 0 Å². The average Bonchev–Trinajstić information content (AvgIpc) is 3.72. The van der Waals surface area contributed by atoms with E-state index in [9.17, 15) is 19.8 Å². The molecule has 0 spiro atoms. The average molecular weight is 597 g/mol. The van der Waals surface area contributed by atoms with Crippen LogP contribution in [0.1, 0.15) is 71.6 Å². The number of hydrogen-bond acceptors (Lipinski definition) is 5. The summed E-state index contributed by atoms with van der Waals surface area (Å²) in [4.78, 5) is 35.8. The number of nitrogens with one attached hydrogen (secondary N) is 4. The number of methoxy groups -OCH3 is 1.